The molecule has 1 aromatic carbocycles. The van der Waals surface area contributed by atoms with Crippen molar-refractivity contribution in [2.75, 3.05) is 37.9 Å². The summed E-state index contributed by atoms with van der Waals surface area (Å²) in [7, 11) is 3.16. The Hall–Kier alpha value is -2.77. The van der Waals surface area contributed by atoms with Gasteiger partial charge in [0, 0.05) is 37.5 Å². The molecule has 1 aliphatic rings. The molecule has 0 bridgehead atoms. The lowest BCUT2D eigenvalue weighted by atomic mass is 10.1. The third kappa shape index (κ3) is 3.52. The maximum absolute atomic E-state index is 11.2. The Morgan fingerprint density at radius 2 is 1.84 bits per heavy atom. The first-order valence-electron chi connectivity index (χ1n) is 8.23. The molecule has 2 aromatic rings. The van der Waals surface area contributed by atoms with Crippen LogP contribution in [0.3, 0.4) is 0 Å². The molecule has 0 aliphatic carbocycles. The summed E-state index contributed by atoms with van der Waals surface area (Å²) in [4.78, 5) is 22.4. The van der Waals surface area contributed by atoms with Crippen LogP contribution in [0.5, 0.6) is 11.5 Å². The number of piperidine rings is 1. The van der Waals surface area contributed by atoms with Crippen LogP contribution in [0.4, 0.5) is 11.8 Å². The highest BCUT2D eigenvalue weighted by Crippen LogP contribution is 2.34. The molecule has 1 fully saturated rings. The van der Waals surface area contributed by atoms with E-state index in [9.17, 15) is 4.79 Å². The summed E-state index contributed by atoms with van der Waals surface area (Å²) in [6.07, 6.45) is 1.71. The highest BCUT2D eigenvalue weighted by atomic mass is 16.5. The quantitative estimate of drug-likeness (QED) is 0.862. The summed E-state index contributed by atoms with van der Waals surface area (Å²) in [6, 6.07) is 3.80. The van der Waals surface area contributed by atoms with Crippen molar-refractivity contribution in [1.82, 2.24) is 15.3 Å². The molecule has 0 spiro atoms. The number of hydrogen-bond donors (Lipinski definition) is 2. The molecular weight excluding hydrogens is 322 g/mol. The van der Waals surface area contributed by atoms with E-state index in [2.05, 4.69) is 20.2 Å². The standard InChI is InChI=1S/C17H23N5O3/c1-10(23)19-11-4-6-22(7-5-11)17-20-13-9-15(25-3)14(24-2)8-12(13)16(18)21-17/h8-9,11H,4-7H2,1-3H3,(H,19,23)(H2,18,20,21). The SMILES string of the molecule is COc1cc2nc(N3CCC(NC(C)=O)CC3)nc(N)c2cc1OC. The molecule has 1 aliphatic heterocycles. The minimum absolute atomic E-state index is 0.00527. The smallest absolute Gasteiger partial charge is 0.227 e. The predicted molar refractivity (Wildman–Crippen MR) is 96.1 cm³/mol. The van der Waals surface area contributed by atoms with E-state index < -0.39 is 0 Å². The van der Waals surface area contributed by atoms with Crippen LogP contribution >= 0.6 is 0 Å². The van der Waals surface area contributed by atoms with E-state index in [0.29, 0.717) is 28.8 Å². The number of hydrogen-bond acceptors (Lipinski definition) is 7. The van der Waals surface area contributed by atoms with Gasteiger partial charge in [0.25, 0.3) is 0 Å². The van der Waals surface area contributed by atoms with Gasteiger partial charge >= 0.3 is 0 Å². The lowest BCUT2D eigenvalue weighted by Crippen LogP contribution is -2.44. The van der Waals surface area contributed by atoms with Gasteiger partial charge in [-0.05, 0) is 18.9 Å². The average Bonchev–Trinajstić information content (AvgIpc) is 2.60. The first-order chi connectivity index (χ1) is 12.0. The lowest BCUT2D eigenvalue weighted by Gasteiger charge is -2.32. The molecule has 134 valence electrons. The monoisotopic (exact) mass is 345 g/mol. The van der Waals surface area contributed by atoms with Crippen molar-refractivity contribution >= 4 is 28.6 Å². The number of carbonyl (C=O) groups excluding carboxylic acids is 1. The van der Waals surface area contributed by atoms with E-state index in [4.69, 9.17) is 15.2 Å². The molecule has 8 heteroatoms. The normalized spacial score (nSPS) is 15.2. The molecule has 25 heavy (non-hydrogen) atoms. The molecule has 0 atom stereocenters. The Kier molecular flexibility index (Phi) is 4.78. The molecule has 1 saturated heterocycles. The lowest BCUT2D eigenvalue weighted by molar-refractivity contribution is -0.119. The molecule has 1 aromatic heterocycles. The van der Waals surface area contributed by atoms with Crippen LogP contribution in [-0.4, -0.2) is 49.2 Å². The van der Waals surface area contributed by atoms with Gasteiger partial charge in [-0.2, -0.15) is 4.98 Å². The number of fused-ring (bicyclic) bond motifs is 1. The van der Waals surface area contributed by atoms with Crippen molar-refractivity contribution in [2.45, 2.75) is 25.8 Å². The van der Waals surface area contributed by atoms with Crippen molar-refractivity contribution in [3.63, 3.8) is 0 Å². The van der Waals surface area contributed by atoms with Crippen molar-refractivity contribution in [3.8, 4) is 11.5 Å². The fourth-order valence-corrected chi connectivity index (χ4v) is 3.12. The Morgan fingerprint density at radius 1 is 1.20 bits per heavy atom. The second kappa shape index (κ2) is 7.00. The second-order valence-corrected chi connectivity index (χ2v) is 6.10. The zero-order chi connectivity index (χ0) is 18.0. The topological polar surface area (TPSA) is 103 Å². The van der Waals surface area contributed by atoms with Crippen LogP contribution in [0.15, 0.2) is 12.1 Å². The molecule has 0 radical (unpaired) electrons. The van der Waals surface area contributed by atoms with E-state index in [1.807, 2.05) is 0 Å². The van der Waals surface area contributed by atoms with E-state index in [1.165, 1.54) is 0 Å². The maximum atomic E-state index is 11.2. The zero-order valence-electron chi connectivity index (χ0n) is 14.7. The number of nitrogens with zero attached hydrogens (tertiary/aromatic N) is 3. The summed E-state index contributed by atoms with van der Waals surface area (Å²) in [5.41, 5.74) is 6.85. The van der Waals surface area contributed by atoms with Crippen molar-refractivity contribution < 1.29 is 14.3 Å². The molecule has 0 unspecified atom stereocenters. The summed E-state index contributed by atoms with van der Waals surface area (Å²) < 4.78 is 10.6. The van der Waals surface area contributed by atoms with Crippen LogP contribution in [0.1, 0.15) is 19.8 Å². The number of nitrogens with one attached hydrogen (secondary N) is 1. The fraction of sp³-hybridized carbons (Fsp3) is 0.471. The highest BCUT2D eigenvalue weighted by Gasteiger charge is 2.22. The minimum Gasteiger partial charge on any atom is -0.493 e. The summed E-state index contributed by atoms with van der Waals surface area (Å²) in [5.74, 6) is 2.20. The van der Waals surface area contributed by atoms with E-state index in [-0.39, 0.29) is 11.9 Å². The average molecular weight is 345 g/mol. The predicted octanol–water partition coefficient (Wildman–Crippen LogP) is 1.33. The van der Waals surface area contributed by atoms with Gasteiger partial charge in [-0.3, -0.25) is 4.79 Å². The maximum Gasteiger partial charge on any atom is 0.227 e. The van der Waals surface area contributed by atoms with Gasteiger partial charge in [0.15, 0.2) is 11.5 Å². The van der Waals surface area contributed by atoms with Crippen molar-refractivity contribution in [3.05, 3.63) is 12.1 Å². The third-order valence-electron chi connectivity index (χ3n) is 4.40. The van der Waals surface area contributed by atoms with Gasteiger partial charge in [0.2, 0.25) is 11.9 Å². The second-order valence-electron chi connectivity index (χ2n) is 6.10. The number of rotatable bonds is 4. The highest BCUT2D eigenvalue weighted by molar-refractivity contribution is 5.91. The molecular formula is C17H23N5O3. The number of benzene rings is 1. The van der Waals surface area contributed by atoms with Crippen LogP contribution in [0, 0.1) is 0 Å². The molecule has 0 saturated carbocycles. The number of amides is 1. The van der Waals surface area contributed by atoms with Gasteiger partial charge in [0.05, 0.1) is 19.7 Å². The third-order valence-corrected chi connectivity index (χ3v) is 4.40. The fourth-order valence-electron chi connectivity index (χ4n) is 3.12. The first kappa shape index (κ1) is 17.1. The van der Waals surface area contributed by atoms with Crippen LogP contribution in [0.25, 0.3) is 10.9 Å². The van der Waals surface area contributed by atoms with Crippen LogP contribution in [0.2, 0.25) is 0 Å². The number of ether oxygens (including phenoxy) is 2. The number of aromatic nitrogens is 2. The molecule has 8 nitrogen and oxygen atoms in total. The number of carbonyl (C=O) groups is 1. The minimum atomic E-state index is 0.00527. The summed E-state index contributed by atoms with van der Waals surface area (Å²) >= 11 is 0. The van der Waals surface area contributed by atoms with Gasteiger partial charge in [-0.15, -0.1) is 0 Å². The van der Waals surface area contributed by atoms with Gasteiger partial charge < -0.3 is 25.4 Å². The Labute approximate surface area is 146 Å². The number of nitrogens with two attached hydrogens (primary N) is 1. The van der Waals surface area contributed by atoms with E-state index in [0.717, 1.165) is 31.3 Å². The molecule has 1 amide bonds. The van der Waals surface area contributed by atoms with Crippen LogP contribution in [-0.2, 0) is 4.79 Å². The first-order valence-corrected chi connectivity index (χ1v) is 8.23. The van der Waals surface area contributed by atoms with Crippen molar-refractivity contribution in [2.24, 2.45) is 0 Å². The zero-order valence-corrected chi connectivity index (χ0v) is 14.7. The summed E-state index contributed by atoms with van der Waals surface area (Å²) in [6.45, 7) is 3.08. The Morgan fingerprint density at radius 3 is 2.44 bits per heavy atom. The molecule has 2 heterocycles. The number of nitrogen functional groups attached to an aromatic ring is 1. The number of anilines is 2. The van der Waals surface area contributed by atoms with Crippen LogP contribution < -0.4 is 25.4 Å². The number of methoxy groups -OCH3 is 2. The molecule has 3 rings (SSSR count). The summed E-state index contributed by atoms with van der Waals surface area (Å²) in [5, 5.41) is 3.69. The molecule has 3 N–H and O–H groups in total. The van der Waals surface area contributed by atoms with Gasteiger partial charge in [-0.25, -0.2) is 4.98 Å². The largest absolute Gasteiger partial charge is 0.493 e. The van der Waals surface area contributed by atoms with E-state index >= 15 is 0 Å². The van der Waals surface area contributed by atoms with Crippen molar-refractivity contribution in [1.29, 1.82) is 0 Å². The Bertz CT molecular complexity index is 787. The Balaban J connectivity index is 1.87. The van der Waals surface area contributed by atoms with Gasteiger partial charge in [-0.1, -0.05) is 0 Å². The van der Waals surface area contributed by atoms with E-state index in [1.54, 1.807) is 33.3 Å². The van der Waals surface area contributed by atoms with Gasteiger partial charge in [0.1, 0.15) is 5.82 Å².